The number of nitrogens with zero attached hydrogens (tertiary/aromatic N) is 1. The number of nitro benzene ring substituents is 1. The molecule has 0 saturated carbocycles. The number of carbonyl (C=O) groups excluding carboxylic acids is 2. The molecule has 1 heterocycles. The van der Waals surface area contributed by atoms with Gasteiger partial charge in [0.05, 0.1) is 4.92 Å². The lowest BCUT2D eigenvalue weighted by Gasteiger charge is -2.12. The second-order valence-electron chi connectivity index (χ2n) is 7.95. The highest BCUT2D eigenvalue weighted by molar-refractivity contribution is 6.11. The van der Waals surface area contributed by atoms with Gasteiger partial charge in [0, 0.05) is 23.4 Å². The maximum Gasteiger partial charge on any atom is 0.272 e. The summed E-state index contributed by atoms with van der Waals surface area (Å²) in [5.74, 6) is -0.140. The minimum absolute atomic E-state index is 0.0410. The number of carbonyl (C=O) groups is 2. The van der Waals surface area contributed by atoms with Crippen LogP contribution in [0.15, 0.2) is 90.6 Å². The van der Waals surface area contributed by atoms with E-state index in [1.807, 2.05) is 36.4 Å². The molecule has 1 aliphatic heterocycles. The number of amides is 2. The fourth-order valence-electron chi connectivity index (χ4n) is 3.75. The zero-order valence-electron chi connectivity index (χ0n) is 18.8. The predicted molar refractivity (Wildman–Crippen MR) is 134 cm³/mol. The van der Waals surface area contributed by atoms with Gasteiger partial charge >= 0.3 is 0 Å². The molecule has 0 bridgehead atoms. The molecule has 5 rings (SSSR count). The largest absolute Gasteiger partial charge is 0.454 e. The summed E-state index contributed by atoms with van der Waals surface area (Å²) in [5.41, 5.74) is 0.879. The summed E-state index contributed by atoms with van der Waals surface area (Å²) in [6, 6.07) is 23.6. The van der Waals surface area contributed by atoms with Crippen LogP contribution in [0, 0.1) is 10.1 Å². The molecule has 0 atom stereocenters. The number of ether oxygens (including phenoxy) is 2. The quantitative estimate of drug-likeness (QED) is 0.230. The Labute approximate surface area is 205 Å². The van der Waals surface area contributed by atoms with Crippen LogP contribution in [0.3, 0.4) is 0 Å². The summed E-state index contributed by atoms with van der Waals surface area (Å²) in [5, 5.41) is 18.5. The lowest BCUT2D eigenvalue weighted by Crippen LogP contribution is -2.30. The zero-order valence-corrected chi connectivity index (χ0v) is 18.8. The molecule has 2 amide bonds. The van der Waals surface area contributed by atoms with Crippen LogP contribution in [0.1, 0.15) is 15.9 Å². The second-order valence-corrected chi connectivity index (χ2v) is 7.95. The van der Waals surface area contributed by atoms with E-state index in [-0.39, 0.29) is 23.7 Å². The normalized spacial score (nSPS) is 12.3. The Hall–Kier alpha value is -5.18. The molecule has 36 heavy (non-hydrogen) atoms. The number of benzene rings is 4. The second kappa shape index (κ2) is 9.59. The SMILES string of the molecule is O=C(Nc1ccc2ccccc2c1)/C(=C/c1ccc2c(c1)OCO2)NC(=O)c1cccc([N+](=O)[O-])c1. The molecular formula is C27H19N3O6. The minimum Gasteiger partial charge on any atom is -0.454 e. The molecule has 4 aromatic carbocycles. The third-order valence-corrected chi connectivity index (χ3v) is 5.53. The van der Waals surface area contributed by atoms with Gasteiger partial charge in [0.1, 0.15) is 5.70 Å². The third-order valence-electron chi connectivity index (χ3n) is 5.53. The smallest absolute Gasteiger partial charge is 0.272 e. The maximum atomic E-state index is 13.3. The van der Waals surface area contributed by atoms with Crippen LogP contribution in [0.5, 0.6) is 11.5 Å². The molecule has 2 N–H and O–H groups in total. The Morgan fingerprint density at radius 2 is 1.67 bits per heavy atom. The molecule has 0 aliphatic carbocycles. The van der Waals surface area contributed by atoms with Crippen LogP contribution in [-0.4, -0.2) is 23.5 Å². The summed E-state index contributed by atoms with van der Waals surface area (Å²) in [6.07, 6.45) is 1.49. The molecule has 0 spiro atoms. The first kappa shape index (κ1) is 22.6. The molecule has 178 valence electrons. The van der Waals surface area contributed by atoms with Crippen molar-refractivity contribution in [2.24, 2.45) is 0 Å². The molecule has 4 aromatic rings. The van der Waals surface area contributed by atoms with Gasteiger partial charge in [-0.1, -0.05) is 42.5 Å². The van der Waals surface area contributed by atoms with Crippen molar-refractivity contribution < 1.29 is 24.0 Å². The molecule has 0 fully saturated rings. The first-order chi connectivity index (χ1) is 17.5. The van der Waals surface area contributed by atoms with Gasteiger partial charge in [-0.05, 0) is 52.7 Å². The number of hydrogen-bond donors (Lipinski definition) is 2. The molecule has 0 aromatic heterocycles. The van der Waals surface area contributed by atoms with Gasteiger partial charge < -0.3 is 20.1 Å². The summed E-state index contributed by atoms with van der Waals surface area (Å²) < 4.78 is 10.7. The van der Waals surface area contributed by atoms with Gasteiger partial charge in [0.15, 0.2) is 11.5 Å². The zero-order chi connectivity index (χ0) is 25.1. The van der Waals surface area contributed by atoms with Gasteiger partial charge in [-0.15, -0.1) is 0 Å². The van der Waals surface area contributed by atoms with E-state index < -0.39 is 16.7 Å². The highest BCUT2D eigenvalue weighted by atomic mass is 16.7. The number of nitrogens with one attached hydrogen (secondary N) is 2. The lowest BCUT2D eigenvalue weighted by molar-refractivity contribution is -0.384. The molecule has 0 unspecified atom stereocenters. The molecule has 0 radical (unpaired) electrons. The van der Waals surface area contributed by atoms with Crippen molar-refractivity contribution >= 4 is 40.0 Å². The summed E-state index contributed by atoms with van der Waals surface area (Å²) in [4.78, 5) is 36.7. The highest BCUT2D eigenvalue weighted by Crippen LogP contribution is 2.33. The van der Waals surface area contributed by atoms with Crippen molar-refractivity contribution in [1.82, 2.24) is 5.32 Å². The van der Waals surface area contributed by atoms with Gasteiger partial charge in [0.25, 0.3) is 17.5 Å². The third kappa shape index (κ3) is 4.85. The van der Waals surface area contributed by atoms with E-state index in [1.54, 1.807) is 24.3 Å². The fraction of sp³-hybridized carbons (Fsp3) is 0.0370. The van der Waals surface area contributed by atoms with Crippen LogP contribution in [-0.2, 0) is 4.79 Å². The average Bonchev–Trinajstić information content (AvgIpc) is 3.36. The van der Waals surface area contributed by atoms with Gasteiger partial charge in [-0.2, -0.15) is 0 Å². The molecule has 9 heteroatoms. The van der Waals surface area contributed by atoms with Gasteiger partial charge in [-0.3, -0.25) is 19.7 Å². The Morgan fingerprint density at radius 1 is 0.861 bits per heavy atom. The molecular weight excluding hydrogens is 462 g/mol. The van der Waals surface area contributed by atoms with E-state index in [4.69, 9.17) is 9.47 Å². The van der Waals surface area contributed by atoms with Crippen molar-refractivity contribution in [3.8, 4) is 11.5 Å². The van der Waals surface area contributed by atoms with E-state index in [0.29, 0.717) is 22.7 Å². The number of non-ortho nitro benzene ring substituents is 1. The van der Waals surface area contributed by atoms with E-state index >= 15 is 0 Å². The van der Waals surface area contributed by atoms with E-state index in [0.717, 1.165) is 16.8 Å². The Bertz CT molecular complexity index is 1550. The predicted octanol–water partition coefficient (Wildman–Crippen LogP) is 4.89. The lowest BCUT2D eigenvalue weighted by atomic mass is 10.1. The first-order valence-corrected chi connectivity index (χ1v) is 10.9. The number of hydrogen-bond acceptors (Lipinski definition) is 6. The molecule has 9 nitrogen and oxygen atoms in total. The summed E-state index contributed by atoms with van der Waals surface area (Å²) in [6.45, 7) is 0.0985. The monoisotopic (exact) mass is 481 g/mol. The Kier molecular flexibility index (Phi) is 6.02. The van der Waals surface area contributed by atoms with Crippen LogP contribution >= 0.6 is 0 Å². The van der Waals surface area contributed by atoms with E-state index in [2.05, 4.69) is 10.6 Å². The van der Waals surface area contributed by atoms with Crippen molar-refractivity contribution in [2.45, 2.75) is 0 Å². The van der Waals surface area contributed by atoms with Crippen LogP contribution in [0.2, 0.25) is 0 Å². The summed E-state index contributed by atoms with van der Waals surface area (Å²) >= 11 is 0. The van der Waals surface area contributed by atoms with Crippen LogP contribution < -0.4 is 20.1 Å². The van der Waals surface area contributed by atoms with Gasteiger partial charge in [0.2, 0.25) is 6.79 Å². The van der Waals surface area contributed by atoms with E-state index in [1.165, 1.54) is 24.3 Å². The Morgan fingerprint density at radius 3 is 2.50 bits per heavy atom. The number of anilines is 1. The van der Waals surface area contributed by atoms with Crippen molar-refractivity contribution in [3.63, 3.8) is 0 Å². The number of rotatable bonds is 6. The fourth-order valence-corrected chi connectivity index (χ4v) is 3.75. The topological polar surface area (TPSA) is 120 Å². The highest BCUT2D eigenvalue weighted by Gasteiger charge is 2.19. The maximum absolute atomic E-state index is 13.3. The van der Waals surface area contributed by atoms with Crippen LogP contribution in [0.25, 0.3) is 16.8 Å². The Balaban J connectivity index is 1.46. The minimum atomic E-state index is -0.667. The average molecular weight is 481 g/mol. The van der Waals surface area contributed by atoms with Crippen LogP contribution in [0.4, 0.5) is 11.4 Å². The first-order valence-electron chi connectivity index (χ1n) is 10.9. The van der Waals surface area contributed by atoms with E-state index in [9.17, 15) is 19.7 Å². The standard InChI is InChI=1S/C27H19N3O6/c31-26(20-6-3-7-22(15-20)30(33)34)29-23(12-17-8-11-24-25(13-17)36-16-35-24)27(32)28-21-10-9-18-4-1-2-5-19(18)14-21/h1-15H,16H2,(H,28,32)(H,29,31)/b23-12-. The molecule has 0 saturated heterocycles. The summed E-state index contributed by atoms with van der Waals surface area (Å²) in [7, 11) is 0. The van der Waals surface area contributed by atoms with Crippen molar-refractivity contribution in [2.75, 3.05) is 12.1 Å². The van der Waals surface area contributed by atoms with Crippen molar-refractivity contribution in [1.29, 1.82) is 0 Å². The van der Waals surface area contributed by atoms with Gasteiger partial charge in [-0.25, -0.2) is 0 Å². The number of nitro groups is 1. The molecule has 1 aliphatic rings. The van der Waals surface area contributed by atoms with Crippen molar-refractivity contribution in [3.05, 3.63) is 112 Å². The number of fused-ring (bicyclic) bond motifs is 2.